The SMILES string of the molecule is CC(=O)c1c(C)cc2cc3c(c(O)c2c1O)C(=O)C(C)(C)C(=O)C3(C)C. The molecule has 0 bridgehead atoms. The number of aromatic hydroxyl groups is 2. The van der Waals surface area contributed by atoms with Crippen molar-refractivity contribution in [2.75, 3.05) is 0 Å². The number of benzene rings is 2. The van der Waals surface area contributed by atoms with Crippen molar-refractivity contribution in [2.45, 2.75) is 47.0 Å². The van der Waals surface area contributed by atoms with E-state index in [0.29, 0.717) is 16.5 Å². The zero-order valence-corrected chi connectivity index (χ0v) is 15.8. The van der Waals surface area contributed by atoms with Crippen LogP contribution in [0.25, 0.3) is 10.8 Å². The molecule has 0 fully saturated rings. The molecule has 5 heteroatoms. The monoisotopic (exact) mass is 354 g/mol. The molecule has 0 atom stereocenters. The van der Waals surface area contributed by atoms with Crippen molar-refractivity contribution < 1.29 is 24.6 Å². The number of hydrogen-bond donors (Lipinski definition) is 2. The molecule has 2 N–H and O–H groups in total. The van der Waals surface area contributed by atoms with E-state index in [1.165, 1.54) is 6.92 Å². The summed E-state index contributed by atoms with van der Waals surface area (Å²) >= 11 is 0. The topological polar surface area (TPSA) is 91.7 Å². The normalized spacial score (nSPS) is 18.1. The Hall–Kier alpha value is -2.69. The Morgan fingerprint density at radius 3 is 2.08 bits per heavy atom. The van der Waals surface area contributed by atoms with Gasteiger partial charge in [0.15, 0.2) is 17.3 Å². The second-order valence-electron chi connectivity index (χ2n) is 8.13. The number of aryl methyl sites for hydroxylation is 1. The molecule has 0 radical (unpaired) electrons. The molecule has 1 aliphatic carbocycles. The Morgan fingerprint density at radius 1 is 0.962 bits per heavy atom. The Balaban J connectivity index is 2.55. The third-order valence-corrected chi connectivity index (χ3v) is 5.53. The van der Waals surface area contributed by atoms with Crippen molar-refractivity contribution in [3.8, 4) is 11.5 Å². The van der Waals surface area contributed by atoms with Crippen LogP contribution in [-0.4, -0.2) is 27.6 Å². The number of carbonyl (C=O) groups excluding carboxylic acids is 3. The summed E-state index contributed by atoms with van der Waals surface area (Å²) in [7, 11) is 0. The lowest BCUT2D eigenvalue weighted by atomic mass is 9.60. The number of carbonyl (C=O) groups is 3. The fourth-order valence-corrected chi connectivity index (χ4v) is 4.16. The third kappa shape index (κ3) is 2.06. The highest BCUT2D eigenvalue weighted by atomic mass is 16.3. The first-order chi connectivity index (χ1) is 11.8. The van der Waals surface area contributed by atoms with Crippen LogP contribution in [0.5, 0.6) is 11.5 Å². The van der Waals surface area contributed by atoms with Gasteiger partial charge < -0.3 is 10.2 Å². The van der Waals surface area contributed by atoms with Crippen LogP contribution in [0.3, 0.4) is 0 Å². The van der Waals surface area contributed by atoms with Gasteiger partial charge in [-0.3, -0.25) is 14.4 Å². The summed E-state index contributed by atoms with van der Waals surface area (Å²) in [4.78, 5) is 37.7. The average molecular weight is 354 g/mol. The third-order valence-electron chi connectivity index (χ3n) is 5.53. The highest BCUT2D eigenvalue weighted by molar-refractivity contribution is 6.24. The molecule has 3 rings (SSSR count). The van der Waals surface area contributed by atoms with Crippen LogP contribution in [0.2, 0.25) is 0 Å². The van der Waals surface area contributed by atoms with Gasteiger partial charge in [0.25, 0.3) is 0 Å². The van der Waals surface area contributed by atoms with Gasteiger partial charge in [0.05, 0.1) is 27.3 Å². The maximum absolute atomic E-state index is 13.0. The summed E-state index contributed by atoms with van der Waals surface area (Å²) < 4.78 is 0. The van der Waals surface area contributed by atoms with Crippen molar-refractivity contribution in [3.63, 3.8) is 0 Å². The van der Waals surface area contributed by atoms with E-state index in [0.717, 1.165) is 0 Å². The highest BCUT2D eigenvalue weighted by Gasteiger charge is 2.52. The number of ketones is 3. The fourth-order valence-electron chi connectivity index (χ4n) is 4.16. The van der Waals surface area contributed by atoms with Gasteiger partial charge in [0, 0.05) is 0 Å². The summed E-state index contributed by atoms with van der Waals surface area (Å²) in [6.45, 7) is 9.56. The van der Waals surface area contributed by atoms with E-state index in [4.69, 9.17) is 0 Å². The van der Waals surface area contributed by atoms with Crippen molar-refractivity contribution in [2.24, 2.45) is 5.41 Å². The van der Waals surface area contributed by atoms with Crippen LogP contribution in [0.1, 0.15) is 66.5 Å². The van der Waals surface area contributed by atoms with Crippen LogP contribution in [-0.2, 0) is 10.2 Å². The van der Waals surface area contributed by atoms with Gasteiger partial charge in [-0.2, -0.15) is 0 Å². The Morgan fingerprint density at radius 2 is 1.54 bits per heavy atom. The second-order valence-corrected chi connectivity index (χ2v) is 8.13. The summed E-state index contributed by atoms with van der Waals surface area (Å²) in [5, 5.41) is 22.1. The molecule has 0 spiro atoms. The zero-order chi connectivity index (χ0) is 19.8. The Kier molecular flexibility index (Phi) is 3.59. The first-order valence-electron chi connectivity index (χ1n) is 8.46. The molecule has 5 nitrogen and oxygen atoms in total. The summed E-state index contributed by atoms with van der Waals surface area (Å²) in [6.07, 6.45) is 0. The number of phenols is 2. The molecular formula is C21H22O5. The van der Waals surface area contributed by atoms with E-state index >= 15 is 0 Å². The average Bonchev–Trinajstić information content (AvgIpc) is 2.51. The van der Waals surface area contributed by atoms with Gasteiger partial charge in [0.2, 0.25) is 0 Å². The van der Waals surface area contributed by atoms with E-state index in [-0.39, 0.29) is 39.6 Å². The Labute approximate surface area is 151 Å². The van der Waals surface area contributed by atoms with Crippen LogP contribution in [0, 0.1) is 12.3 Å². The smallest absolute Gasteiger partial charge is 0.179 e. The predicted molar refractivity (Wildman–Crippen MR) is 98.2 cm³/mol. The van der Waals surface area contributed by atoms with Crippen molar-refractivity contribution in [3.05, 3.63) is 34.4 Å². The number of rotatable bonds is 1. The molecule has 2 aromatic rings. The minimum absolute atomic E-state index is 0.0424. The van der Waals surface area contributed by atoms with Crippen LogP contribution in [0.4, 0.5) is 0 Å². The van der Waals surface area contributed by atoms with Gasteiger partial charge in [-0.15, -0.1) is 0 Å². The maximum Gasteiger partial charge on any atom is 0.179 e. The summed E-state index contributed by atoms with van der Waals surface area (Å²) in [6, 6.07) is 3.34. The van der Waals surface area contributed by atoms with E-state index < -0.39 is 16.6 Å². The molecule has 0 heterocycles. The van der Waals surface area contributed by atoms with Gasteiger partial charge in [-0.25, -0.2) is 0 Å². The minimum Gasteiger partial charge on any atom is -0.506 e. The highest BCUT2D eigenvalue weighted by Crippen LogP contribution is 2.50. The first-order valence-corrected chi connectivity index (χ1v) is 8.46. The molecule has 0 unspecified atom stereocenters. The van der Waals surface area contributed by atoms with Gasteiger partial charge >= 0.3 is 0 Å². The lowest BCUT2D eigenvalue weighted by molar-refractivity contribution is -0.130. The van der Waals surface area contributed by atoms with E-state index in [1.54, 1.807) is 46.8 Å². The molecule has 0 aromatic heterocycles. The van der Waals surface area contributed by atoms with Crippen LogP contribution >= 0.6 is 0 Å². The van der Waals surface area contributed by atoms with E-state index in [1.807, 2.05) is 0 Å². The summed E-state index contributed by atoms with van der Waals surface area (Å²) in [5.74, 6) is -1.76. The lowest BCUT2D eigenvalue weighted by Crippen LogP contribution is -2.49. The van der Waals surface area contributed by atoms with Gasteiger partial charge in [-0.1, -0.05) is 6.07 Å². The fraction of sp³-hybridized carbons (Fsp3) is 0.381. The number of phenolic OH excluding ortho intramolecular Hbond substituents is 2. The molecular weight excluding hydrogens is 332 g/mol. The molecule has 136 valence electrons. The van der Waals surface area contributed by atoms with Crippen molar-refractivity contribution >= 4 is 28.1 Å². The maximum atomic E-state index is 13.0. The van der Waals surface area contributed by atoms with Gasteiger partial charge in [-0.05, 0) is 64.1 Å². The first kappa shape index (κ1) is 18.1. The van der Waals surface area contributed by atoms with Crippen LogP contribution < -0.4 is 0 Å². The molecule has 26 heavy (non-hydrogen) atoms. The van der Waals surface area contributed by atoms with Crippen LogP contribution in [0.15, 0.2) is 12.1 Å². The molecule has 0 saturated heterocycles. The molecule has 0 aliphatic heterocycles. The standard InChI is InChI=1S/C21H22O5/c1-9-7-11-8-12-15(17(24)14(11)16(23)13(9)10(2)22)18(25)21(5,6)19(26)20(12,3)4/h7-8,23-24H,1-6H3. The lowest BCUT2D eigenvalue weighted by Gasteiger charge is -2.39. The number of hydrogen-bond acceptors (Lipinski definition) is 5. The van der Waals surface area contributed by atoms with E-state index in [2.05, 4.69) is 0 Å². The minimum atomic E-state index is -1.29. The second kappa shape index (κ2) is 5.16. The van der Waals surface area contributed by atoms with Gasteiger partial charge in [0.1, 0.15) is 11.5 Å². The molecule has 1 aliphatic rings. The number of Topliss-reactive ketones (excluding diaryl/α,β-unsaturated/α-hetero) is 3. The quantitative estimate of drug-likeness (QED) is 0.600. The molecule has 0 saturated carbocycles. The Bertz CT molecular complexity index is 1020. The zero-order valence-electron chi connectivity index (χ0n) is 15.8. The largest absolute Gasteiger partial charge is 0.506 e. The summed E-state index contributed by atoms with van der Waals surface area (Å²) in [5.41, 5.74) is -1.10. The van der Waals surface area contributed by atoms with Crippen molar-refractivity contribution in [1.82, 2.24) is 0 Å². The van der Waals surface area contributed by atoms with E-state index in [9.17, 15) is 24.6 Å². The van der Waals surface area contributed by atoms with Crippen molar-refractivity contribution in [1.29, 1.82) is 0 Å². The predicted octanol–water partition coefficient (Wildman–Crippen LogP) is 3.83. The molecule has 0 amide bonds. The number of fused-ring (bicyclic) bond motifs is 2. The molecule has 2 aromatic carbocycles.